The molecule has 0 bridgehead atoms. The fourth-order valence-electron chi connectivity index (χ4n) is 2.71. The van der Waals surface area contributed by atoms with Gasteiger partial charge in [-0.15, -0.1) is 0 Å². The van der Waals surface area contributed by atoms with E-state index in [4.69, 9.17) is 4.74 Å². The first kappa shape index (κ1) is 16.1. The smallest absolute Gasteiger partial charge is 0.266 e. The summed E-state index contributed by atoms with van der Waals surface area (Å²) in [6, 6.07) is 10.9. The van der Waals surface area contributed by atoms with Crippen LogP contribution in [0.15, 0.2) is 42.5 Å². The molecule has 0 aromatic heterocycles. The van der Waals surface area contributed by atoms with Crippen LogP contribution in [0.1, 0.15) is 27.1 Å². The molecule has 0 unspecified atom stereocenters. The predicted molar refractivity (Wildman–Crippen MR) is 89.0 cm³/mol. The van der Waals surface area contributed by atoms with E-state index in [0.717, 1.165) is 4.90 Å². The number of para-hydroxylation sites is 1. The highest BCUT2D eigenvalue weighted by molar-refractivity contribution is 6.35. The van der Waals surface area contributed by atoms with Gasteiger partial charge >= 0.3 is 0 Å². The molecule has 1 heterocycles. The van der Waals surface area contributed by atoms with Crippen LogP contribution < -0.4 is 10.2 Å². The second-order valence-corrected chi connectivity index (χ2v) is 5.40. The Morgan fingerprint density at radius 1 is 1.04 bits per heavy atom. The maximum absolute atomic E-state index is 14.3. The number of anilines is 2. The Kier molecular flexibility index (Phi) is 4.57. The van der Waals surface area contributed by atoms with E-state index in [0.29, 0.717) is 30.7 Å². The van der Waals surface area contributed by atoms with Gasteiger partial charge in [0.2, 0.25) is 0 Å². The lowest BCUT2D eigenvalue weighted by Gasteiger charge is -2.19. The summed E-state index contributed by atoms with van der Waals surface area (Å²) in [5.41, 5.74) is 1.02. The zero-order chi connectivity index (χ0) is 17.1. The Hall–Kier alpha value is -2.73. The van der Waals surface area contributed by atoms with Gasteiger partial charge in [-0.3, -0.25) is 9.59 Å². The van der Waals surface area contributed by atoms with Gasteiger partial charge in [0.05, 0.1) is 22.5 Å². The number of hydrogen-bond acceptors (Lipinski definition) is 4. The Labute approximate surface area is 139 Å². The molecule has 0 saturated heterocycles. The molecular formula is C18H17FN2O3. The van der Waals surface area contributed by atoms with Gasteiger partial charge < -0.3 is 10.1 Å². The number of fused-ring (bicyclic) bond motifs is 1. The average molecular weight is 328 g/mol. The van der Waals surface area contributed by atoms with Gasteiger partial charge in [0.1, 0.15) is 5.82 Å². The molecule has 0 radical (unpaired) electrons. The van der Waals surface area contributed by atoms with E-state index in [-0.39, 0.29) is 11.4 Å². The molecule has 2 aromatic rings. The van der Waals surface area contributed by atoms with Crippen LogP contribution in [0.3, 0.4) is 0 Å². The van der Waals surface area contributed by atoms with Crippen molar-refractivity contribution < 1.29 is 18.7 Å². The lowest BCUT2D eigenvalue weighted by Crippen LogP contribution is -2.30. The van der Waals surface area contributed by atoms with Crippen LogP contribution in [0, 0.1) is 5.82 Å². The third-order valence-electron chi connectivity index (χ3n) is 3.85. The molecule has 2 aromatic carbocycles. The summed E-state index contributed by atoms with van der Waals surface area (Å²) in [5, 5.41) is 2.96. The highest BCUT2D eigenvalue weighted by Crippen LogP contribution is 2.34. The number of amides is 2. The quantitative estimate of drug-likeness (QED) is 0.654. The van der Waals surface area contributed by atoms with Crippen molar-refractivity contribution >= 4 is 23.2 Å². The molecule has 5 nitrogen and oxygen atoms in total. The summed E-state index contributed by atoms with van der Waals surface area (Å²) in [7, 11) is 1.59. The van der Waals surface area contributed by atoms with Gasteiger partial charge in [-0.1, -0.05) is 18.2 Å². The molecule has 2 amide bonds. The second-order valence-electron chi connectivity index (χ2n) is 5.40. The van der Waals surface area contributed by atoms with E-state index in [2.05, 4.69) is 5.32 Å². The molecule has 0 atom stereocenters. The third kappa shape index (κ3) is 2.76. The van der Waals surface area contributed by atoms with E-state index in [9.17, 15) is 14.0 Å². The van der Waals surface area contributed by atoms with Gasteiger partial charge in [-0.25, -0.2) is 9.29 Å². The van der Waals surface area contributed by atoms with Crippen molar-refractivity contribution in [2.24, 2.45) is 0 Å². The number of carbonyl (C=O) groups excluding carboxylic acids is 2. The zero-order valence-electron chi connectivity index (χ0n) is 13.2. The minimum atomic E-state index is -0.513. The van der Waals surface area contributed by atoms with Gasteiger partial charge in [0, 0.05) is 20.3 Å². The summed E-state index contributed by atoms with van der Waals surface area (Å²) >= 11 is 0. The number of benzene rings is 2. The van der Waals surface area contributed by atoms with E-state index in [1.807, 2.05) is 0 Å². The molecule has 0 saturated carbocycles. The number of halogens is 1. The van der Waals surface area contributed by atoms with E-state index >= 15 is 0 Å². The Balaban J connectivity index is 1.94. The van der Waals surface area contributed by atoms with E-state index in [1.54, 1.807) is 37.4 Å². The van der Waals surface area contributed by atoms with Crippen molar-refractivity contribution in [3.63, 3.8) is 0 Å². The first-order chi connectivity index (χ1) is 11.6. The molecule has 24 heavy (non-hydrogen) atoms. The first-order valence-corrected chi connectivity index (χ1v) is 7.64. The average Bonchev–Trinajstić information content (AvgIpc) is 2.84. The highest BCUT2D eigenvalue weighted by atomic mass is 19.1. The standard InChI is InChI=1S/C18H17FN2O3/c1-24-11-5-10-20-16-14(19)8-4-9-15(16)21-17(22)12-6-2-3-7-13(12)18(21)23/h2-4,6-9,20H,5,10-11H2,1H3. The van der Waals surface area contributed by atoms with E-state index in [1.165, 1.54) is 12.1 Å². The fraction of sp³-hybridized carbons (Fsp3) is 0.222. The molecule has 0 aliphatic carbocycles. The van der Waals surface area contributed by atoms with Crippen molar-refractivity contribution in [3.8, 4) is 0 Å². The normalized spacial score (nSPS) is 13.3. The van der Waals surface area contributed by atoms with Crippen LogP contribution in [-0.4, -0.2) is 32.1 Å². The number of nitrogens with zero attached hydrogens (tertiary/aromatic N) is 1. The van der Waals surface area contributed by atoms with Crippen molar-refractivity contribution in [2.45, 2.75) is 6.42 Å². The van der Waals surface area contributed by atoms with Crippen LogP contribution in [0.2, 0.25) is 0 Å². The van der Waals surface area contributed by atoms with Crippen LogP contribution in [0.25, 0.3) is 0 Å². The maximum Gasteiger partial charge on any atom is 0.266 e. The molecule has 6 heteroatoms. The molecule has 0 fully saturated rings. The molecule has 1 aliphatic rings. The minimum Gasteiger partial charge on any atom is -0.385 e. The third-order valence-corrected chi connectivity index (χ3v) is 3.85. The number of rotatable bonds is 6. The monoisotopic (exact) mass is 328 g/mol. The van der Waals surface area contributed by atoms with Gasteiger partial charge in [-0.2, -0.15) is 0 Å². The van der Waals surface area contributed by atoms with Crippen LogP contribution in [0.4, 0.5) is 15.8 Å². The number of hydrogen-bond donors (Lipinski definition) is 1. The second kappa shape index (κ2) is 6.80. The van der Waals surface area contributed by atoms with Crippen LogP contribution in [0.5, 0.6) is 0 Å². The predicted octanol–water partition coefficient (Wildman–Crippen LogP) is 3.07. The van der Waals surface area contributed by atoms with Crippen molar-refractivity contribution in [2.75, 3.05) is 30.5 Å². The molecule has 0 spiro atoms. The van der Waals surface area contributed by atoms with Crippen LogP contribution >= 0.6 is 0 Å². The Morgan fingerprint density at radius 2 is 1.71 bits per heavy atom. The van der Waals surface area contributed by atoms with Crippen molar-refractivity contribution in [3.05, 3.63) is 59.4 Å². The highest BCUT2D eigenvalue weighted by Gasteiger charge is 2.37. The summed E-state index contributed by atoms with van der Waals surface area (Å²) in [6.07, 6.45) is 0.673. The lowest BCUT2D eigenvalue weighted by atomic mass is 10.1. The summed E-state index contributed by atoms with van der Waals surface area (Å²) in [6.45, 7) is 0.995. The molecule has 1 N–H and O–H groups in total. The molecule has 1 aliphatic heterocycles. The number of methoxy groups -OCH3 is 1. The maximum atomic E-state index is 14.3. The number of nitrogens with one attached hydrogen (secondary N) is 1. The van der Waals surface area contributed by atoms with Crippen molar-refractivity contribution in [1.29, 1.82) is 0 Å². The molecule has 124 valence electrons. The van der Waals surface area contributed by atoms with Crippen LogP contribution in [-0.2, 0) is 4.74 Å². The first-order valence-electron chi connectivity index (χ1n) is 7.64. The Morgan fingerprint density at radius 3 is 2.33 bits per heavy atom. The minimum absolute atomic E-state index is 0.142. The molecular weight excluding hydrogens is 311 g/mol. The largest absolute Gasteiger partial charge is 0.385 e. The number of ether oxygens (including phenoxy) is 1. The van der Waals surface area contributed by atoms with Gasteiger partial charge in [-0.05, 0) is 30.7 Å². The SMILES string of the molecule is COCCCNc1c(F)cccc1N1C(=O)c2ccccc2C1=O. The number of imide groups is 1. The topological polar surface area (TPSA) is 58.6 Å². The summed E-state index contributed by atoms with van der Waals surface area (Å²) < 4.78 is 19.2. The zero-order valence-corrected chi connectivity index (χ0v) is 13.2. The van der Waals surface area contributed by atoms with Gasteiger partial charge in [0.25, 0.3) is 11.8 Å². The Bertz CT molecular complexity index is 757. The van der Waals surface area contributed by atoms with Crippen molar-refractivity contribution in [1.82, 2.24) is 0 Å². The number of carbonyl (C=O) groups is 2. The van der Waals surface area contributed by atoms with Gasteiger partial charge in [0.15, 0.2) is 0 Å². The summed E-state index contributed by atoms with van der Waals surface area (Å²) in [5.74, 6) is -1.40. The lowest BCUT2D eigenvalue weighted by molar-refractivity contribution is 0.0926. The molecule has 3 rings (SSSR count). The summed E-state index contributed by atoms with van der Waals surface area (Å²) in [4.78, 5) is 26.2. The fourth-order valence-corrected chi connectivity index (χ4v) is 2.71. The van der Waals surface area contributed by atoms with E-state index < -0.39 is 17.6 Å².